The van der Waals surface area contributed by atoms with Gasteiger partial charge in [0.1, 0.15) is 10.3 Å². The zero-order chi connectivity index (χ0) is 12.3. The molecule has 1 rings (SSSR count). The number of allylic oxidation sites excluding steroid dienone is 2. The van der Waals surface area contributed by atoms with Crippen LogP contribution in [0.5, 0.6) is 0 Å². The van der Waals surface area contributed by atoms with Crippen molar-refractivity contribution in [3.63, 3.8) is 0 Å². The number of rotatable bonds is 2. The van der Waals surface area contributed by atoms with E-state index in [4.69, 9.17) is 5.41 Å². The second-order valence-corrected chi connectivity index (χ2v) is 3.90. The molecule has 0 aromatic carbocycles. The summed E-state index contributed by atoms with van der Waals surface area (Å²) in [6.45, 7) is 1.48. The molecule has 0 aliphatic heterocycles. The minimum atomic E-state index is -4.62. The summed E-state index contributed by atoms with van der Waals surface area (Å²) in [5, 5.41) is 6.83. The summed E-state index contributed by atoms with van der Waals surface area (Å²) >= 11 is 3.12. The third-order valence-electron chi connectivity index (χ3n) is 1.79. The minimum Gasteiger partial charge on any atom is -0.296 e. The summed E-state index contributed by atoms with van der Waals surface area (Å²) in [4.78, 5) is 3.99. The van der Waals surface area contributed by atoms with Crippen LogP contribution in [-0.2, 0) is 0 Å². The lowest BCUT2D eigenvalue weighted by Gasteiger charge is -2.05. The molecule has 0 spiro atoms. The van der Waals surface area contributed by atoms with E-state index >= 15 is 0 Å². The van der Waals surface area contributed by atoms with Crippen LogP contribution in [0.25, 0.3) is 5.57 Å². The van der Waals surface area contributed by atoms with Gasteiger partial charge in [0.05, 0.1) is 5.69 Å². The van der Waals surface area contributed by atoms with E-state index in [1.165, 1.54) is 6.92 Å². The summed E-state index contributed by atoms with van der Waals surface area (Å²) in [5.74, 6) is 0. The van der Waals surface area contributed by atoms with Crippen LogP contribution in [-0.4, -0.2) is 16.9 Å². The van der Waals surface area contributed by atoms with Gasteiger partial charge < -0.3 is 0 Å². The van der Waals surface area contributed by atoms with Crippen LogP contribution in [0.3, 0.4) is 0 Å². The number of hydrogen-bond donors (Lipinski definition) is 1. The zero-order valence-electron chi connectivity index (χ0n) is 8.27. The number of halogens is 4. The molecule has 0 fully saturated rings. The Hall–Kier alpha value is -1.17. The van der Waals surface area contributed by atoms with E-state index in [0.29, 0.717) is 15.9 Å². The van der Waals surface area contributed by atoms with E-state index in [2.05, 4.69) is 20.9 Å². The molecule has 6 heteroatoms. The first kappa shape index (κ1) is 12.9. The van der Waals surface area contributed by atoms with Crippen molar-refractivity contribution in [1.82, 2.24) is 4.98 Å². The predicted octanol–water partition coefficient (Wildman–Crippen LogP) is 3.83. The van der Waals surface area contributed by atoms with E-state index in [9.17, 15) is 13.2 Å². The van der Waals surface area contributed by atoms with Gasteiger partial charge in [-0.15, -0.1) is 0 Å². The number of alkyl halides is 3. The molecule has 2 nitrogen and oxygen atoms in total. The Labute approximate surface area is 98.8 Å². The van der Waals surface area contributed by atoms with Crippen molar-refractivity contribution in [3.05, 3.63) is 34.6 Å². The standard InChI is InChI=1S/C10H8BrF3N2/c1-6(5-8(15)10(12,13)14)7-3-2-4-9(11)16-7/h2-5,15H,1H3/b6-5+,15-8?. The molecule has 86 valence electrons. The molecule has 0 atom stereocenters. The van der Waals surface area contributed by atoms with Crippen LogP contribution >= 0.6 is 15.9 Å². The van der Waals surface area contributed by atoms with Crippen LogP contribution in [0.2, 0.25) is 0 Å². The average Bonchev–Trinajstić information content (AvgIpc) is 2.16. The molecule has 1 aromatic heterocycles. The highest BCUT2D eigenvalue weighted by atomic mass is 79.9. The van der Waals surface area contributed by atoms with Gasteiger partial charge in [0.2, 0.25) is 0 Å². The van der Waals surface area contributed by atoms with Gasteiger partial charge in [0.15, 0.2) is 0 Å². The van der Waals surface area contributed by atoms with Crippen LogP contribution in [0.15, 0.2) is 28.9 Å². The summed E-state index contributed by atoms with van der Waals surface area (Å²) in [7, 11) is 0. The molecule has 1 N–H and O–H groups in total. The van der Waals surface area contributed by atoms with Crippen LogP contribution in [0.4, 0.5) is 13.2 Å². The smallest absolute Gasteiger partial charge is 0.296 e. The molecule has 0 amide bonds. The molecule has 0 saturated carbocycles. The van der Waals surface area contributed by atoms with Gasteiger partial charge in [0.25, 0.3) is 0 Å². The summed E-state index contributed by atoms with van der Waals surface area (Å²) in [6.07, 6.45) is -3.86. The summed E-state index contributed by atoms with van der Waals surface area (Å²) in [6, 6.07) is 4.92. The fourth-order valence-corrected chi connectivity index (χ4v) is 1.34. The molecule has 0 unspecified atom stereocenters. The van der Waals surface area contributed by atoms with Gasteiger partial charge in [-0.25, -0.2) is 4.98 Å². The topological polar surface area (TPSA) is 36.7 Å². The van der Waals surface area contributed by atoms with Gasteiger partial charge in [-0.2, -0.15) is 13.2 Å². The summed E-state index contributed by atoms with van der Waals surface area (Å²) < 4.78 is 36.9. The fourth-order valence-electron chi connectivity index (χ4n) is 1.00. The molecular weight excluding hydrogens is 285 g/mol. The zero-order valence-corrected chi connectivity index (χ0v) is 9.85. The highest BCUT2D eigenvalue weighted by Crippen LogP contribution is 2.20. The molecule has 0 aliphatic carbocycles. The SMILES string of the molecule is C/C(=C\C(=N)C(F)(F)F)c1cccc(Br)n1. The molecule has 0 saturated heterocycles. The average molecular weight is 293 g/mol. The van der Waals surface area contributed by atoms with E-state index in [0.717, 1.165) is 6.08 Å². The lowest BCUT2D eigenvalue weighted by molar-refractivity contribution is -0.0583. The number of aromatic nitrogens is 1. The van der Waals surface area contributed by atoms with Crippen molar-refractivity contribution in [2.75, 3.05) is 0 Å². The molecular formula is C10H8BrF3N2. The van der Waals surface area contributed by atoms with E-state index in [-0.39, 0.29) is 0 Å². The number of nitrogens with zero attached hydrogens (tertiary/aromatic N) is 1. The van der Waals surface area contributed by atoms with E-state index in [1.807, 2.05) is 0 Å². The van der Waals surface area contributed by atoms with Crippen molar-refractivity contribution in [2.45, 2.75) is 13.1 Å². The first-order valence-electron chi connectivity index (χ1n) is 4.27. The Morgan fingerprint density at radius 3 is 2.56 bits per heavy atom. The molecule has 0 aliphatic rings. The summed E-state index contributed by atoms with van der Waals surface area (Å²) in [5.41, 5.74) is -0.682. The Morgan fingerprint density at radius 1 is 1.44 bits per heavy atom. The van der Waals surface area contributed by atoms with Gasteiger partial charge in [0, 0.05) is 0 Å². The maximum Gasteiger partial charge on any atom is 0.432 e. The Balaban J connectivity index is 2.99. The predicted molar refractivity (Wildman–Crippen MR) is 59.4 cm³/mol. The minimum absolute atomic E-state index is 0.295. The third kappa shape index (κ3) is 3.44. The quantitative estimate of drug-likeness (QED) is 0.653. The second kappa shape index (κ2) is 4.78. The van der Waals surface area contributed by atoms with Gasteiger partial charge in [-0.05, 0) is 46.6 Å². The van der Waals surface area contributed by atoms with Gasteiger partial charge in [-0.3, -0.25) is 5.41 Å². The number of hydrogen-bond acceptors (Lipinski definition) is 2. The van der Waals surface area contributed by atoms with Crippen LogP contribution in [0, 0.1) is 5.41 Å². The Morgan fingerprint density at radius 2 is 2.06 bits per heavy atom. The lowest BCUT2D eigenvalue weighted by atomic mass is 10.1. The largest absolute Gasteiger partial charge is 0.432 e. The second-order valence-electron chi connectivity index (χ2n) is 3.08. The number of nitrogens with one attached hydrogen (secondary N) is 1. The highest BCUT2D eigenvalue weighted by molar-refractivity contribution is 9.10. The Bertz CT molecular complexity index is 438. The van der Waals surface area contributed by atoms with Crippen LogP contribution < -0.4 is 0 Å². The maximum atomic E-state index is 12.1. The third-order valence-corrected chi connectivity index (χ3v) is 2.23. The van der Waals surface area contributed by atoms with Gasteiger partial charge in [-0.1, -0.05) is 6.07 Å². The molecule has 16 heavy (non-hydrogen) atoms. The lowest BCUT2D eigenvalue weighted by Crippen LogP contribution is -2.19. The molecule has 1 heterocycles. The van der Waals surface area contributed by atoms with Crippen molar-refractivity contribution in [2.24, 2.45) is 0 Å². The Kier molecular flexibility index (Phi) is 3.85. The monoisotopic (exact) mass is 292 g/mol. The van der Waals surface area contributed by atoms with Crippen molar-refractivity contribution < 1.29 is 13.2 Å². The van der Waals surface area contributed by atoms with Crippen molar-refractivity contribution in [3.8, 4) is 0 Å². The first-order chi connectivity index (χ1) is 7.30. The van der Waals surface area contributed by atoms with Crippen LogP contribution in [0.1, 0.15) is 12.6 Å². The molecule has 1 aromatic rings. The number of pyridine rings is 1. The maximum absolute atomic E-state index is 12.1. The molecule has 0 radical (unpaired) electrons. The molecule has 0 bridgehead atoms. The van der Waals surface area contributed by atoms with Crippen molar-refractivity contribution >= 4 is 27.2 Å². The highest BCUT2D eigenvalue weighted by Gasteiger charge is 2.32. The first-order valence-corrected chi connectivity index (χ1v) is 5.07. The fraction of sp³-hybridized carbons (Fsp3) is 0.200. The van der Waals surface area contributed by atoms with Crippen molar-refractivity contribution in [1.29, 1.82) is 5.41 Å². The van der Waals surface area contributed by atoms with E-state index in [1.54, 1.807) is 18.2 Å². The van der Waals surface area contributed by atoms with Gasteiger partial charge >= 0.3 is 6.18 Å². The van der Waals surface area contributed by atoms with E-state index < -0.39 is 11.9 Å². The normalized spacial score (nSPS) is 12.7.